The summed E-state index contributed by atoms with van der Waals surface area (Å²) in [5, 5.41) is 34.8. The first-order valence-electron chi connectivity index (χ1n) is 7.47. The Morgan fingerprint density at radius 3 is 2.72 bits per heavy atom. The molecule has 2 rings (SSSR count). The number of carboxylic acid groups (broad SMARTS) is 1. The molecule has 10 nitrogen and oxygen atoms in total. The highest BCUT2D eigenvalue weighted by Gasteiger charge is 2.23. The van der Waals surface area contributed by atoms with Crippen molar-refractivity contribution in [2.75, 3.05) is 11.2 Å². The smallest absolute Gasteiger partial charge is 0.313 e. The lowest BCUT2D eigenvalue weighted by Gasteiger charge is -2.23. The molecule has 1 saturated carbocycles. The summed E-state index contributed by atoms with van der Waals surface area (Å²) >= 11 is 1.27. The molecule has 0 saturated heterocycles. The zero-order valence-electron chi connectivity index (χ0n) is 13.1. The first-order valence-corrected chi connectivity index (χ1v) is 8.52. The average Bonchev–Trinajstić information content (AvgIpc) is 2.58. The molecule has 0 heterocycles. The van der Waals surface area contributed by atoms with Crippen LogP contribution in [-0.2, 0) is 4.79 Å². The summed E-state index contributed by atoms with van der Waals surface area (Å²) in [7, 11) is 0. The third-order valence-electron chi connectivity index (χ3n) is 3.64. The molecular weight excluding hydrogens is 352 g/mol. The van der Waals surface area contributed by atoms with Gasteiger partial charge in [-0.25, -0.2) is 0 Å². The van der Waals surface area contributed by atoms with Gasteiger partial charge in [0.1, 0.15) is 5.69 Å². The number of thioether (sulfide) groups is 1. The molecule has 1 fully saturated rings. The second-order valence-corrected chi connectivity index (χ2v) is 6.56. The predicted molar refractivity (Wildman–Crippen MR) is 93.2 cm³/mol. The topological polar surface area (TPSA) is 148 Å². The highest BCUT2D eigenvalue weighted by molar-refractivity contribution is 8.01. The number of nitrogens with zero attached hydrogens (tertiary/aromatic N) is 3. The molecule has 0 aromatic heterocycles. The van der Waals surface area contributed by atoms with Gasteiger partial charge in [-0.1, -0.05) is 6.42 Å². The Bertz CT molecular complexity index is 723. The van der Waals surface area contributed by atoms with E-state index in [1.54, 1.807) is 0 Å². The van der Waals surface area contributed by atoms with Gasteiger partial charge in [-0.2, -0.15) is 5.10 Å². The van der Waals surface area contributed by atoms with Crippen LogP contribution in [0.5, 0.6) is 0 Å². The normalized spacial score (nSPS) is 18.7. The Morgan fingerprint density at radius 2 is 2.08 bits per heavy atom. The molecule has 0 spiro atoms. The van der Waals surface area contributed by atoms with Gasteiger partial charge < -0.3 is 5.11 Å². The van der Waals surface area contributed by atoms with Gasteiger partial charge in [-0.3, -0.25) is 30.4 Å². The number of benzene rings is 1. The molecule has 134 valence electrons. The summed E-state index contributed by atoms with van der Waals surface area (Å²) in [5.74, 6) is -0.949. The van der Waals surface area contributed by atoms with Crippen molar-refractivity contribution in [3.8, 4) is 0 Å². The highest BCUT2D eigenvalue weighted by Crippen LogP contribution is 2.30. The van der Waals surface area contributed by atoms with Crippen LogP contribution in [0.3, 0.4) is 0 Å². The fourth-order valence-corrected chi connectivity index (χ4v) is 3.49. The lowest BCUT2D eigenvalue weighted by Crippen LogP contribution is -2.24. The Hall–Kier alpha value is -2.69. The Morgan fingerprint density at radius 1 is 1.32 bits per heavy atom. The largest absolute Gasteiger partial charge is 0.481 e. The summed E-state index contributed by atoms with van der Waals surface area (Å²) in [5.41, 5.74) is 2.59. The maximum absolute atomic E-state index is 11.1. The van der Waals surface area contributed by atoms with Gasteiger partial charge in [0.25, 0.3) is 5.69 Å². The van der Waals surface area contributed by atoms with Crippen LogP contribution in [0.15, 0.2) is 23.3 Å². The van der Waals surface area contributed by atoms with Crippen LogP contribution in [0.1, 0.15) is 25.7 Å². The van der Waals surface area contributed by atoms with Crippen LogP contribution in [0, 0.1) is 20.2 Å². The van der Waals surface area contributed by atoms with Crippen molar-refractivity contribution in [3.63, 3.8) is 0 Å². The minimum absolute atomic E-state index is 0.0403. The van der Waals surface area contributed by atoms with Crippen molar-refractivity contribution in [2.24, 2.45) is 5.10 Å². The zero-order valence-corrected chi connectivity index (χ0v) is 13.9. The number of carboxylic acids is 1. The fourth-order valence-electron chi connectivity index (χ4n) is 2.45. The quantitative estimate of drug-likeness (QED) is 0.551. The highest BCUT2D eigenvalue weighted by atomic mass is 32.2. The van der Waals surface area contributed by atoms with Crippen LogP contribution in [0.4, 0.5) is 17.1 Å². The number of non-ortho nitro benzene ring substituents is 1. The van der Waals surface area contributed by atoms with Gasteiger partial charge in [-0.15, -0.1) is 11.8 Å². The summed E-state index contributed by atoms with van der Waals surface area (Å²) in [4.78, 5) is 31.2. The molecule has 1 aliphatic rings. The van der Waals surface area contributed by atoms with E-state index >= 15 is 0 Å². The second kappa shape index (κ2) is 8.42. The molecule has 0 bridgehead atoms. The summed E-state index contributed by atoms with van der Waals surface area (Å²) in [6.45, 7) is 0. The molecule has 1 aliphatic carbocycles. The van der Waals surface area contributed by atoms with Crippen molar-refractivity contribution >= 4 is 40.5 Å². The number of hydrazone groups is 1. The van der Waals surface area contributed by atoms with Gasteiger partial charge >= 0.3 is 11.7 Å². The van der Waals surface area contributed by atoms with Crippen molar-refractivity contribution in [1.82, 2.24) is 0 Å². The molecule has 1 aromatic rings. The van der Waals surface area contributed by atoms with E-state index in [9.17, 15) is 25.0 Å². The van der Waals surface area contributed by atoms with Crippen molar-refractivity contribution < 1.29 is 19.7 Å². The third kappa shape index (κ3) is 5.14. The number of nitro benzene ring substituents is 2. The minimum atomic E-state index is -0.908. The summed E-state index contributed by atoms with van der Waals surface area (Å²) < 4.78 is 0. The lowest BCUT2D eigenvalue weighted by atomic mass is 9.98. The summed E-state index contributed by atoms with van der Waals surface area (Å²) in [6, 6.07) is 3.27. The molecule has 2 N–H and O–H groups in total. The van der Waals surface area contributed by atoms with Gasteiger partial charge in [-0.05, 0) is 25.3 Å². The zero-order chi connectivity index (χ0) is 18.4. The molecule has 1 aromatic carbocycles. The van der Waals surface area contributed by atoms with Crippen molar-refractivity contribution in [3.05, 3.63) is 38.4 Å². The van der Waals surface area contributed by atoms with E-state index < -0.39 is 21.5 Å². The third-order valence-corrected chi connectivity index (χ3v) is 4.96. The number of nitro groups is 2. The molecule has 1 unspecified atom stereocenters. The van der Waals surface area contributed by atoms with Crippen molar-refractivity contribution in [1.29, 1.82) is 0 Å². The van der Waals surface area contributed by atoms with Crippen LogP contribution in [0.2, 0.25) is 0 Å². The fraction of sp³-hybridized carbons (Fsp3) is 0.429. The number of hydrogen-bond acceptors (Lipinski definition) is 8. The van der Waals surface area contributed by atoms with Gasteiger partial charge in [0, 0.05) is 11.3 Å². The number of carbonyl (C=O) groups is 1. The Kier molecular flexibility index (Phi) is 6.28. The number of rotatable bonds is 7. The monoisotopic (exact) mass is 368 g/mol. The minimum Gasteiger partial charge on any atom is -0.481 e. The first-order chi connectivity index (χ1) is 11.9. The van der Waals surface area contributed by atoms with Crippen LogP contribution in [-0.4, -0.2) is 37.6 Å². The SMILES string of the molecule is O=C(O)CSC1CCCC/C1=N/Nc1ccc([N+](=O)[O-])cc1[N+](=O)[O-]. The number of aliphatic carboxylic acids is 1. The molecule has 0 radical (unpaired) electrons. The number of nitrogens with one attached hydrogen (secondary N) is 1. The number of hydrogen-bond donors (Lipinski definition) is 2. The van der Waals surface area contributed by atoms with Crippen LogP contribution in [0.25, 0.3) is 0 Å². The van der Waals surface area contributed by atoms with E-state index in [0.29, 0.717) is 6.42 Å². The van der Waals surface area contributed by atoms with Crippen molar-refractivity contribution in [2.45, 2.75) is 30.9 Å². The van der Waals surface area contributed by atoms with Gasteiger partial charge in [0.15, 0.2) is 0 Å². The molecule has 1 atom stereocenters. The van der Waals surface area contributed by atoms with E-state index in [4.69, 9.17) is 5.11 Å². The Labute approximate surface area is 146 Å². The standard InChI is InChI=1S/C14H16N4O6S/c19-14(20)8-25-13-4-2-1-3-11(13)16-15-10-6-5-9(17(21)22)7-12(10)18(23)24/h5-7,13,15H,1-4,8H2,(H,19,20)/b16-11-. The van der Waals surface area contributed by atoms with E-state index in [1.165, 1.54) is 17.8 Å². The Balaban J connectivity index is 2.19. The van der Waals surface area contributed by atoms with E-state index in [-0.39, 0.29) is 22.4 Å². The maximum atomic E-state index is 11.1. The molecule has 25 heavy (non-hydrogen) atoms. The molecule has 11 heteroatoms. The van der Waals surface area contributed by atoms with E-state index in [0.717, 1.165) is 37.1 Å². The predicted octanol–water partition coefficient (Wildman–Crippen LogP) is 3.03. The number of anilines is 1. The molecule has 0 amide bonds. The first kappa shape index (κ1) is 18.6. The van der Waals surface area contributed by atoms with Gasteiger partial charge in [0.2, 0.25) is 0 Å². The maximum Gasteiger partial charge on any atom is 0.313 e. The average molecular weight is 368 g/mol. The van der Waals surface area contributed by atoms with Crippen LogP contribution < -0.4 is 5.43 Å². The van der Waals surface area contributed by atoms with E-state index in [1.807, 2.05) is 0 Å². The van der Waals surface area contributed by atoms with Crippen LogP contribution >= 0.6 is 11.8 Å². The lowest BCUT2D eigenvalue weighted by molar-refractivity contribution is -0.393. The van der Waals surface area contributed by atoms with E-state index in [2.05, 4.69) is 10.5 Å². The summed E-state index contributed by atoms with van der Waals surface area (Å²) in [6.07, 6.45) is 3.34. The molecule has 0 aliphatic heterocycles. The van der Waals surface area contributed by atoms with Gasteiger partial charge in [0.05, 0.1) is 27.4 Å². The second-order valence-electron chi connectivity index (χ2n) is 5.37. The molecular formula is C14H16N4O6S.